The van der Waals surface area contributed by atoms with Crippen LogP contribution < -0.4 is 5.32 Å². The fourth-order valence-electron chi connectivity index (χ4n) is 3.26. The van der Waals surface area contributed by atoms with E-state index in [9.17, 15) is 18.0 Å². The summed E-state index contributed by atoms with van der Waals surface area (Å²) in [6.07, 6.45) is -0.172. The molecule has 0 spiro atoms. The van der Waals surface area contributed by atoms with Crippen molar-refractivity contribution in [2.75, 3.05) is 31.6 Å². The van der Waals surface area contributed by atoms with Gasteiger partial charge in [-0.3, -0.25) is 4.79 Å². The number of hydrogen-bond acceptors (Lipinski definition) is 6. The van der Waals surface area contributed by atoms with Crippen molar-refractivity contribution in [1.82, 2.24) is 4.31 Å². The van der Waals surface area contributed by atoms with Crippen molar-refractivity contribution in [2.24, 2.45) is 0 Å². The molecule has 32 heavy (non-hydrogen) atoms. The number of hydrogen-bond donors (Lipinski definition) is 1. The molecule has 2 aromatic carbocycles. The van der Waals surface area contributed by atoms with Crippen LogP contribution in [0.4, 0.5) is 5.69 Å². The van der Waals surface area contributed by atoms with E-state index in [0.717, 1.165) is 12.0 Å². The predicted molar refractivity (Wildman–Crippen MR) is 120 cm³/mol. The van der Waals surface area contributed by atoms with Crippen molar-refractivity contribution in [1.29, 1.82) is 0 Å². The van der Waals surface area contributed by atoms with Gasteiger partial charge in [0, 0.05) is 18.8 Å². The van der Waals surface area contributed by atoms with Crippen LogP contribution in [-0.4, -0.2) is 57.0 Å². The van der Waals surface area contributed by atoms with Gasteiger partial charge in [-0.15, -0.1) is 0 Å². The second kappa shape index (κ2) is 10.2. The molecule has 0 aliphatic carbocycles. The van der Waals surface area contributed by atoms with Crippen LogP contribution in [0, 0.1) is 6.92 Å². The van der Waals surface area contributed by atoms with Gasteiger partial charge in [0.2, 0.25) is 10.0 Å². The van der Waals surface area contributed by atoms with Crippen LogP contribution in [-0.2, 0) is 30.7 Å². The molecule has 0 saturated carbocycles. The highest BCUT2D eigenvalue weighted by molar-refractivity contribution is 7.89. The lowest BCUT2D eigenvalue weighted by atomic mass is 10.1. The third kappa shape index (κ3) is 5.53. The summed E-state index contributed by atoms with van der Waals surface area (Å²) in [6, 6.07) is 11.7. The van der Waals surface area contributed by atoms with E-state index in [2.05, 4.69) is 5.32 Å². The van der Waals surface area contributed by atoms with E-state index in [4.69, 9.17) is 9.47 Å². The van der Waals surface area contributed by atoms with Gasteiger partial charge in [0.15, 0.2) is 6.10 Å². The molecule has 172 valence electrons. The molecule has 9 heteroatoms. The normalized spacial score (nSPS) is 15.7. The summed E-state index contributed by atoms with van der Waals surface area (Å²) in [5.41, 5.74) is 2.40. The maximum atomic E-state index is 12.9. The number of ether oxygens (including phenoxy) is 2. The summed E-state index contributed by atoms with van der Waals surface area (Å²) in [6.45, 7) is 6.36. The fraction of sp³-hybridized carbons (Fsp3) is 0.391. The third-order valence-corrected chi connectivity index (χ3v) is 7.21. The van der Waals surface area contributed by atoms with Crippen LogP contribution in [0.2, 0.25) is 0 Å². The highest BCUT2D eigenvalue weighted by Crippen LogP contribution is 2.22. The van der Waals surface area contributed by atoms with E-state index in [1.807, 2.05) is 19.1 Å². The molecule has 0 radical (unpaired) electrons. The number of nitrogens with zero attached hydrogens (tertiary/aromatic N) is 1. The number of carbonyl (C=O) groups is 2. The van der Waals surface area contributed by atoms with Crippen LogP contribution >= 0.6 is 0 Å². The van der Waals surface area contributed by atoms with Crippen molar-refractivity contribution in [3.05, 3.63) is 59.2 Å². The van der Waals surface area contributed by atoms with E-state index in [1.54, 1.807) is 25.1 Å². The molecule has 3 rings (SSSR count). The Bertz CT molecular complexity index is 1080. The van der Waals surface area contributed by atoms with Crippen LogP contribution in [0.25, 0.3) is 0 Å². The molecular weight excluding hydrogens is 432 g/mol. The van der Waals surface area contributed by atoms with E-state index in [-0.39, 0.29) is 23.5 Å². The largest absolute Gasteiger partial charge is 0.449 e. The van der Waals surface area contributed by atoms with E-state index in [1.165, 1.54) is 23.4 Å². The standard InChI is InChI=1S/C23H28N2O6S/c1-4-18-6-8-19(9-7-18)24-22(26)17(3)31-23(27)21-15-20(10-5-16(21)2)32(28,29)25-11-13-30-14-12-25/h5-10,15,17H,4,11-14H2,1-3H3,(H,24,26). The summed E-state index contributed by atoms with van der Waals surface area (Å²) in [4.78, 5) is 25.2. The highest BCUT2D eigenvalue weighted by atomic mass is 32.2. The third-order valence-electron chi connectivity index (χ3n) is 5.32. The van der Waals surface area contributed by atoms with Gasteiger partial charge in [0.25, 0.3) is 5.91 Å². The molecule has 1 unspecified atom stereocenters. The summed E-state index contributed by atoms with van der Waals surface area (Å²) < 4.78 is 37.7. The summed E-state index contributed by atoms with van der Waals surface area (Å²) >= 11 is 0. The molecule has 8 nitrogen and oxygen atoms in total. The molecule has 2 aromatic rings. The van der Waals surface area contributed by atoms with E-state index < -0.39 is 28.0 Å². The van der Waals surface area contributed by atoms with Crippen molar-refractivity contribution < 1.29 is 27.5 Å². The van der Waals surface area contributed by atoms with Crippen LogP contribution in [0.15, 0.2) is 47.4 Å². The number of anilines is 1. The highest BCUT2D eigenvalue weighted by Gasteiger charge is 2.28. The Balaban J connectivity index is 1.71. The first-order valence-electron chi connectivity index (χ1n) is 10.5. The zero-order chi connectivity index (χ0) is 23.3. The topological polar surface area (TPSA) is 102 Å². The van der Waals surface area contributed by atoms with Gasteiger partial charge in [-0.05, 0) is 55.7 Å². The molecule has 1 aliphatic heterocycles. The van der Waals surface area contributed by atoms with Gasteiger partial charge >= 0.3 is 5.97 Å². The molecule has 1 atom stereocenters. The van der Waals surface area contributed by atoms with Gasteiger partial charge < -0.3 is 14.8 Å². The zero-order valence-corrected chi connectivity index (χ0v) is 19.3. The van der Waals surface area contributed by atoms with Crippen LogP contribution in [0.5, 0.6) is 0 Å². The smallest absolute Gasteiger partial charge is 0.339 e. The Labute approximate surface area is 188 Å². The molecular formula is C23H28N2O6S. The lowest BCUT2D eigenvalue weighted by Gasteiger charge is -2.26. The second-order valence-electron chi connectivity index (χ2n) is 7.58. The number of nitrogens with one attached hydrogen (secondary N) is 1. The Kier molecular flexibility index (Phi) is 7.65. The number of sulfonamides is 1. The predicted octanol–water partition coefficient (Wildman–Crippen LogP) is 2.76. The van der Waals surface area contributed by atoms with Gasteiger partial charge in [-0.25, -0.2) is 13.2 Å². The Morgan fingerprint density at radius 3 is 2.41 bits per heavy atom. The minimum absolute atomic E-state index is 0.00469. The van der Waals surface area contributed by atoms with E-state index in [0.29, 0.717) is 24.5 Å². The van der Waals surface area contributed by atoms with Gasteiger partial charge in [-0.1, -0.05) is 25.1 Å². The molecule has 1 aliphatic rings. The summed E-state index contributed by atoms with van der Waals surface area (Å²) in [7, 11) is -3.76. The maximum Gasteiger partial charge on any atom is 0.339 e. The second-order valence-corrected chi connectivity index (χ2v) is 9.52. The fourth-order valence-corrected chi connectivity index (χ4v) is 4.70. The van der Waals surface area contributed by atoms with Gasteiger partial charge in [0.1, 0.15) is 0 Å². The molecule has 1 heterocycles. The van der Waals surface area contributed by atoms with Gasteiger partial charge in [-0.2, -0.15) is 4.31 Å². The van der Waals surface area contributed by atoms with Crippen molar-refractivity contribution in [3.8, 4) is 0 Å². The first-order valence-corrected chi connectivity index (χ1v) is 12.0. The van der Waals surface area contributed by atoms with Crippen LogP contribution in [0.3, 0.4) is 0 Å². The van der Waals surface area contributed by atoms with Crippen molar-refractivity contribution in [3.63, 3.8) is 0 Å². The first kappa shape index (κ1) is 23.9. The molecule has 1 saturated heterocycles. The quantitative estimate of drug-likeness (QED) is 0.638. The molecule has 0 bridgehead atoms. The molecule has 1 N–H and O–H groups in total. The number of rotatable bonds is 7. The van der Waals surface area contributed by atoms with Gasteiger partial charge in [0.05, 0.1) is 23.7 Å². The lowest BCUT2D eigenvalue weighted by Crippen LogP contribution is -2.40. The first-order chi connectivity index (χ1) is 15.2. The minimum Gasteiger partial charge on any atom is -0.449 e. The Hall–Kier alpha value is -2.75. The monoisotopic (exact) mass is 460 g/mol. The lowest BCUT2D eigenvalue weighted by molar-refractivity contribution is -0.123. The number of carbonyl (C=O) groups excluding carboxylic acids is 2. The Morgan fingerprint density at radius 1 is 1.12 bits per heavy atom. The number of benzene rings is 2. The molecule has 0 aromatic heterocycles. The zero-order valence-electron chi connectivity index (χ0n) is 18.5. The molecule has 1 fully saturated rings. The molecule has 1 amide bonds. The number of esters is 1. The van der Waals surface area contributed by atoms with Crippen molar-refractivity contribution in [2.45, 2.75) is 38.2 Å². The SMILES string of the molecule is CCc1ccc(NC(=O)C(C)OC(=O)c2cc(S(=O)(=O)N3CCOCC3)ccc2C)cc1. The average molecular weight is 461 g/mol. The number of morpholine rings is 1. The number of aryl methyl sites for hydroxylation is 2. The Morgan fingerprint density at radius 2 is 1.78 bits per heavy atom. The van der Waals surface area contributed by atoms with E-state index >= 15 is 0 Å². The minimum atomic E-state index is -3.76. The number of amides is 1. The van der Waals surface area contributed by atoms with Crippen molar-refractivity contribution >= 4 is 27.6 Å². The summed E-state index contributed by atoms with van der Waals surface area (Å²) in [5, 5.41) is 2.71. The summed E-state index contributed by atoms with van der Waals surface area (Å²) in [5.74, 6) is -1.23. The van der Waals surface area contributed by atoms with Crippen LogP contribution in [0.1, 0.15) is 35.3 Å². The maximum absolute atomic E-state index is 12.9. The average Bonchev–Trinajstić information content (AvgIpc) is 2.80.